The third-order valence-electron chi connectivity index (χ3n) is 10.8. The smallest absolute Gasteiger partial charge is 0.306 e. The summed E-state index contributed by atoms with van der Waals surface area (Å²) in [7, 11) is 0. The minimum absolute atomic E-state index is 0.0894. The number of ether oxygens (including phenoxy) is 3. The Balaban J connectivity index is 4.16. The summed E-state index contributed by atoms with van der Waals surface area (Å²) in [5.41, 5.74) is 0. The number of rotatable bonds is 45. The molecule has 0 radical (unpaired) electrons. The van der Waals surface area contributed by atoms with Crippen LogP contribution in [0.2, 0.25) is 0 Å². The Morgan fingerprint density at radius 3 is 1.15 bits per heavy atom. The number of carbonyl (C=O) groups is 2. The Bertz CT molecular complexity index is 780. The van der Waals surface area contributed by atoms with Gasteiger partial charge in [-0.1, -0.05) is 219 Å². The van der Waals surface area contributed by atoms with E-state index in [0.717, 1.165) is 44.9 Å². The largest absolute Gasteiger partial charge is 0.462 e. The number of allylic oxidation sites excluding steroid dienone is 2. The van der Waals surface area contributed by atoms with E-state index in [1.165, 1.54) is 186 Å². The van der Waals surface area contributed by atoms with Crippen molar-refractivity contribution in [1.82, 2.24) is 0 Å². The SMILES string of the molecule is CCCCCC/C=C\CCCCCCCC(=O)OCC(COCCCCCCCCCCCCCCCCCC)OC(=O)CCCCCCCCCCC. The summed E-state index contributed by atoms with van der Waals surface area (Å²) < 4.78 is 17.3. The first-order chi connectivity index (χ1) is 26.6. The van der Waals surface area contributed by atoms with Crippen molar-refractivity contribution in [3.8, 4) is 0 Å². The molecule has 0 saturated carbocycles. The van der Waals surface area contributed by atoms with Crippen LogP contribution in [0.1, 0.15) is 265 Å². The third kappa shape index (κ3) is 43.4. The van der Waals surface area contributed by atoms with E-state index < -0.39 is 6.10 Å². The highest BCUT2D eigenvalue weighted by atomic mass is 16.6. The van der Waals surface area contributed by atoms with Crippen LogP contribution in [-0.2, 0) is 23.8 Å². The van der Waals surface area contributed by atoms with Crippen molar-refractivity contribution in [3.63, 3.8) is 0 Å². The summed E-state index contributed by atoms with van der Waals surface area (Å²) in [6.45, 7) is 7.84. The highest BCUT2D eigenvalue weighted by Gasteiger charge is 2.17. The maximum absolute atomic E-state index is 12.7. The first kappa shape index (κ1) is 52.6. The molecule has 0 amide bonds. The Morgan fingerprint density at radius 2 is 0.722 bits per heavy atom. The van der Waals surface area contributed by atoms with Crippen molar-refractivity contribution in [2.45, 2.75) is 271 Å². The Labute approximate surface area is 337 Å². The van der Waals surface area contributed by atoms with Gasteiger partial charge in [0.2, 0.25) is 0 Å². The zero-order valence-electron chi connectivity index (χ0n) is 36.8. The fourth-order valence-electron chi connectivity index (χ4n) is 7.15. The van der Waals surface area contributed by atoms with Crippen molar-refractivity contribution in [3.05, 3.63) is 12.2 Å². The molecule has 1 unspecified atom stereocenters. The van der Waals surface area contributed by atoms with Crippen LogP contribution in [0.3, 0.4) is 0 Å². The molecular weight excluding hydrogens is 669 g/mol. The average Bonchev–Trinajstić information content (AvgIpc) is 3.17. The highest BCUT2D eigenvalue weighted by molar-refractivity contribution is 5.70. The molecule has 0 aromatic carbocycles. The third-order valence-corrected chi connectivity index (χ3v) is 10.8. The van der Waals surface area contributed by atoms with E-state index in [0.29, 0.717) is 26.1 Å². The normalized spacial score (nSPS) is 12.1. The lowest BCUT2D eigenvalue weighted by Crippen LogP contribution is -2.30. The minimum atomic E-state index is -0.527. The minimum Gasteiger partial charge on any atom is -0.462 e. The number of esters is 2. The lowest BCUT2D eigenvalue weighted by atomic mass is 10.0. The second kappa shape index (κ2) is 46.0. The van der Waals surface area contributed by atoms with Gasteiger partial charge < -0.3 is 14.2 Å². The molecule has 0 aliphatic heterocycles. The van der Waals surface area contributed by atoms with Crippen molar-refractivity contribution in [2.24, 2.45) is 0 Å². The van der Waals surface area contributed by atoms with E-state index in [1.807, 2.05) is 0 Å². The predicted molar refractivity (Wildman–Crippen MR) is 233 cm³/mol. The second-order valence-electron chi connectivity index (χ2n) is 16.4. The summed E-state index contributed by atoms with van der Waals surface area (Å²) in [6, 6.07) is 0. The van der Waals surface area contributed by atoms with Crippen LogP contribution in [0.15, 0.2) is 12.2 Å². The van der Waals surface area contributed by atoms with Gasteiger partial charge in [0.1, 0.15) is 6.61 Å². The lowest BCUT2D eigenvalue weighted by Gasteiger charge is -2.18. The van der Waals surface area contributed by atoms with Gasteiger partial charge in [0.15, 0.2) is 6.10 Å². The summed E-state index contributed by atoms with van der Waals surface area (Å²) >= 11 is 0. The standard InChI is InChI=1S/C49H94O5/c1-4-7-10-13-16-19-21-23-24-25-27-29-32-35-38-41-44-52-45-47(54-49(51)43-40-37-34-30-18-15-12-9-6-3)46-53-48(50)42-39-36-33-31-28-26-22-20-17-14-11-8-5-2/h20,22,47H,4-19,21,23-46H2,1-3H3/b22-20-. The molecule has 5 heteroatoms. The Morgan fingerprint density at radius 1 is 0.389 bits per heavy atom. The number of carbonyl (C=O) groups excluding carboxylic acids is 2. The second-order valence-corrected chi connectivity index (χ2v) is 16.4. The van der Waals surface area contributed by atoms with Crippen LogP contribution in [-0.4, -0.2) is 37.9 Å². The first-order valence-electron chi connectivity index (χ1n) is 24.2. The van der Waals surface area contributed by atoms with Gasteiger partial charge in [0.25, 0.3) is 0 Å². The van der Waals surface area contributed by atoms with Crippen LogP contribution in [0.25, 0.3) is 0 Å². The van der Waals surface area contributed by atoms with Gasteiger partial charge in [0, 0.05) is 19.4 Å². The molecule has 0 heterocycles. The fraction of sp³-hybridized carbons (Fsp3) is 0.918. The maximum atomic E-state index is 12.7. The molecule has 5 nitrogen and oxygen atoms in total. The van der Waals surface area contributed by atoms with Gasteiger partial charge in [-0.25, -0.2) is 0 Å². The zero-order chi connectivity index (χ0) is 39.3. The van der Waals surface area contributed by atoms with Gasteiger partial charge in [-0.3, -0.25) is 9.59 Å². The molecule has 54 heavy (non-hydrogen) atoms. The number of hydrogen-bond acceptors (Lipinski definition) is 5. The van der Waals surface area contributed by atoms with E-state index in [2.05, 4.69) is 32.9 Å². The topological polar surface area (TPSA) is 61.8 Å². The lowest BCUT2D eigenvalue weighted by molar-refractivity contribution is -0.163. The van der Waals surface area contributed by atoms with Crippen molar-refractivity contribution < 1.29 is 23.8 Å². The van der Waals surface area contributed by atoms with Crippen LogP contribution < -0.4 is 0 Å². The quantitative estimate of drug-likeness (QED) is 0.0351. The summed E-state index contributed by atoms with van der Waals surface area (Å²) in [6.07, 6.45) is 50.7. The molecule has 1 atom stereocenters. The van der Waals surface area contributed by atoms with E-state index in [1.54, 1.807) is 0 Å². The average molecular weight is 763 g/mol. The number of hydrogen-bond donors (Lipinski definition) is 0. The highest BCUT2D eigenvalue weighted by Crippen LogP contribution is 2.15. The fourth-order valence-corrected chi connectivity index (χ4v) is 7.15. The maximum Gasteiger partial charge on any atom is 0.306 e. The predicted octanol–water partition coefficient (Wildman–Crippen LogP) is 15.9. The molecule has 0 aliphatic rings. The van der Waals surface area contributed by atoms with E-state index >= 15 is 0 Å². The molecule has 0 rings (SSSR count). The van der Waals surface area contributed by atoms with Crippen molar-refractivity contribution in [1.29, 1.82) is 0 Å². The van der Waals surface area contributed by atoms with Crippen LogP contribution in [0.4, 0.5) is 0 Å². The molecule has 0 N–H and O–H groups in total. The summed E-state index contributed by atoms with van der Waals surface area (Å²) in [5.74, 6) is -0.393. The summed E-state index contributed by atoms with van der Waals surface area (Å²) in [4.78, 5) is 25.2. The van der Waals surface area contributed by atoms with Crippen LogP contribution >= 0.6 is 0 Å². The summed E-state index contributed by atoms with van der Waals surface area (Å²) in [5, 5.41) is 0. The van der Waals surface area contributed by atoms with E-state index in [-0.39, 0.29) is 18.5 Å². The molecule has 0 bridgehead atoms. The zero-order valence-corrected chi connectivity index (χ0v) is 36.8. The molecule has 0 aromatic heterocycles. The Hall–Kier alpha value is -1.36. The van der Waals surface area contributed by atoms with Crippen molar-refractivity contribution >= 4 is 11.9 Å². The van der Waals surface area contributed by atoms with Crippen LogP contribution in [0.5, 0.6) is 0 Å². The van der Waals surface area contributed by atoms with Gasteiger partial charge in [-0.15, -0.1) is 0 Å². The van der Waals surface area contributed by atoms with Crippen molar-refractivity contribution in [2.75, 3.05) is 19.8 Å². The first-order valence-corrected chi connectivity index (χ1v) is 24.2. The van der Waals surface area contributed by atoms with Crippen LogP contribution in [0, 0.1) is 0 Å². The molecule has 0 aliphatic carbocycles. The molecule has 0 spiro atoms. The van der Waals surface area contributed by atoms with Gasteiger partial charge in [-0.2, -0.15) is 0 Å². The van der Waals surface area contributed by atoms with E-state index in [4.69, 9.17) is 14.2 Å². The van der Waals surface area contributed by atoms with Gasteiger partial charge in [-0.05, 0) is 44.9 Å². The molecule has 0 saturated heterocycles. The van der Waals surface area contributed by atoms with Gasteiger partial charge >= 0.3 is 11.9 Å². The van der Waals surface area contributed by atoms with Gasteiger partial charge in [0.05, 0.1) is 6.61 Å². The van der Waals surface area contributed by atoms with E-state index in [9.17, 15) is 9.59 Å². The molecule has 0 fully saturated rings. The number of unbranched alkanes of at least 4 members (excludes halogenated alkanes) is 32. The molecule has 0 aromatic rings. The molecular formula is C49H94O5. The monoisotopic (exact) mass is 763 g/mol. The Kier molecular flexibility index (Phi) is 44.9. The molecule has 320 valence electrons.